The molecule has 1 aromatic carbocycles. The molecule has 0 radical (unpaired) electrons. The lowest BCUT2D eigenvalue weighted by molar-refractivity contribution is 0.405. The lowest BCUT2D eigenvalue weighted by Gasteiger charge is -2.29. The summed E-state index contributed by atoms with van der Waals surface area (Å²) in [5.41, 5.74) is 2.21. The van der Waals surface area contributed by atoms with Gasteiger partial charge in [-0.15, -0.1) is 0 Å². The van der Waals surface area contributed by atoms with Gasteiger partial charge in [-0.05, 0) is 25.1 Å². The van der Waals surface area contributed by atoms with E-state index in [2.05, 4.69) is 27.5 Å². The van der Waals surface area contributed by atoms with Gasteiger partial charge in [0.05, 0.1) is 0 Å². The van der Waals surface area contributed by atoms with E-state index in [1.54, 1.807) is 0 Å². The predicted molar refractivity (Wildman–Crippen MR) is 63.8 cm³/mol. The number of hydrogen-bond donors (Lipinski definition) is 1. The molecule has 0 saturated carbocycles. The van der Waals surface area contributed by atoms with E-state index in [0.29, 0.717) is 0 Å². The smallest absolute Gasteiger partial charge is 0.141 e. The van der Waals surface area contributed by atoms with Gasteiger partial charge in [0.2, 0.25) is 0 Å². The van der Waals surface area contributed by atoms with Gasteiger partial charge in [-0.2, -0.15) is 0 Å². The molecule has 4 nitrogen and oxygen atoms in total. The van der Waals surface area contributed by atoms with E-state index in [1.165, 1.54) is 5.69 Å². The third kappa shape index (κ3) is 1.55. The third-order valence-corrected chi connectivity index (χ3v) is 3.12. The van der Waals surface area contributed by atoms with Crippen LogP contribution in [0.2, 0.25) is 0 Å². The van der Waals surface area contributed by atoms with Gasteiger partial charge in [-0.1, -0.05) is 5.16 Å². The second-order valence-electron chi connectivity index (χ2n) is 4.18. The van der Waals surface area contributed by atoms with Crippen molar-refractivity contribution in [2.75, 3.05) is 31.1 Å². The van der Waals surface area contributed by atoms with Crippen LogP contribution >= 0.6 is 0 Å². The van der Waals surface area contributed by atoms with Crippen molar-refractivity contribution in [3.05, 3.63) is 24.0 Å². The molecule has 1 aliphatic rings. The Balaban J connectivity index is 1.99. The molecular formula is C12H15N3O. The molecule has 1 N–H and O–H groups in total. The first kappa shape index (κ1) is 9.66. The maximum absolute atomic E-state index is 5.18. The molecule has 0 bridgehead atoms. The summed E-state index contributed by atoms with van der Waals surface area (Å²) in [6, 6.07) is 6.32. The standard InChI is InChI=1S/C12H15N3O/c1-9-11-8-10(2-3-12(11)14-16-9)15-6-4-13-5-7-15/h2-3,8,13H,4-7H2,1H3. The first-order chi connectivity index (χ1) is 7.84. The minimum absolute atomic E-state index is 0.895. The van der Waals surface area contributed by atoms with Crippen LogP contribution in [-0.4, -0.2) is 31.3 Å². The highest BCUT2D eigenvalue weighted by atomic mass is 16.5. The number of rotatable bonds is 1. The summed E-state index contributed by atoms with van der Waals surface area (Å²) in [6.07, 6.45) is 0. The van der Waals surface area contributed by atoms with Crippen molar-refractivity contribution in [1.82, 2.24) is 10.5 Å². The fourth-order valence-electron chi connectivity index (χ4n) is 2.17. The van der Waals surface area contributed by atoms with Crippen LogP contribution in [0.25, 0.3) is 10.9 Å². The summed E-state index contributed by atoms with van der Waals surface area (Å²) in [6.45, 7) is 6.20. The van der Waals surface area contributed by atoms with Gasteiger partial charge in [0, 0.05) is 37.3 Å². The molecule has 84 valence electrons. The fraction of sp³-hybridized carbons (Fsp3) is 0.417. The van der Waals surface area contributed by atoms with Gasteiger partial charge in [-0.3, -0.25) is 0 Å². The summed E-state index contributed by atoms with van der Waals surface area (Å²) >= 11 is 0. The molecule has 1 aromatic heterocycles. The topological polar surface area (TPSA) is 41.3 Å². The van der Waals surface area contributed by atoms with Crippen molar-refractivity contribution in [2.24, 2.45) is 0 Å². The maximum Gasteiger partial charge on any atom is 0.141 e. The zero-order chi connectivity index (χ0) is 11.0. The van der Waals surface area contributed by atoms with E-state index in [9.17, 15) is 0 Å². The van der Waals surface area contributed by atoms with Crippen LogP contribution < -0.4 is 10.2 Å². The summed E-state index contributed by atoms with van der Waals surface area (Å²) in [7, 11) is 0. The Morgan fingerprint density at radius 3 is 2.94 bits per heavy atom. The van der Waals surface area contributed by atoms with E-state index in [0.717, 1.165) is 42.8 Å². The summed E-state index contributed by atoms with van der Waals surface area (Å²) in [4.78, 5) is 2.39. The molecule has 0 aliphatic carbocycles. The molecule has 2 aromatic rings. The van der Waals surface area contributed by atoms with E-state index in [4.69, 9.17) is 4.52 Å². The highest BCUT2D eigenvalue weighted by Crippen LogP contribution is 2.24. The Morgan fingerprint density at radius 1 is 1.31 bits per heavy atom. The first-order valence-electron chi connectivity index (χ1n) is 5.66. The normalized spacial score (nSPS) is 16.9. The van der Waals surface area contributed by atoms with E-state index < -0.39 is 0 Å². The Kier molecular flexibility index (Phi) is 2.29. The van der Waals surface area contributed by atoms with Crippen molar-refractivity contribution in [3.63, 3.8) is 0 Å². The Hall–Kier alpha value is -1.55. The summed E-state index contributed by atoms with van der Waals surface area (Å²) in [5.74, 6) is 0.895. The Bertz CT molecular complexity index is 500. The summed E-state index contributed by atoms with van der Waals surface area (Å²) in [5, 5.41) is 8.48. The number of anilines is 1. The van der Waals surface area contributed by atoms with Crippen molar-refractivity contribution in [3.8, 4) is 0 Å². The van der Waals surface area contributed by atoms with Crippen molar-refractivity contribution in [1.29, 1.82) is 0 Å². The minimum atomic E-state index is 0.895. The van der Waals surface area contributed by atoms with Crippen molar-refractivity contribution >= 4 is 16.6 Å². The number of aryl methyl sites for hydroxylation is 1. The molecule has 4 heteroatoms. The number of piperazine rings is 1. The number of nitrogens with zero attached hydrogens (tertiary/aromatic N) is 2. The molecule has 0 atom stereocenters. The Labute approximate surface area is 94.2 Å². The molecule has 2 heterocycles. The van der Waals surface area contributed by atoms with Crippen molar-refractivity contribution in [2.45, 2.75) is 6.92 Å². The minimum Gasteiger partial charge on any atom is -0.369 e. The fourth-order valence-corrected chi connectivity index (χ4v) is 2.17. The highest BCUT2D eigenvalue weighted by Gasteiger charge is 2.12. The van der Waals surface area contributed by atoms with Gasteiger partial charge in [0.25, 0.3) is 0 Å². The van der Waals surface area contributed by atoms with Gasteiger partial charge >= 0.3 is 0 Å². The predicted octanol–water partition coefficient (Wildman–Crippen LogP) is 1.55. The molecule has 0 unspecified atom stereocenters. The van der Waals surface area contributed by atoms with Crippen LogP contribution in [0.5, 0.6) is 0 Å². The monoisotopic (exact) mass is 217 g/mol. The largest absolute Gasteiger partial charge is 0.369 e. The lowest BCUT2D eigenvalue weighted by atomic mass is 10.2. The average Bonchev–Trinajstić information content (AvgIpc) is 2.72. The quantitative estimate of drug-likeness (QED) is 0.786. The van der Waals surface area contributed by atoms with Crippen LogP contribution in [0.4, 0.5) is 5.69 Å². The van der Waals surface area contributed by atoms with Crippen LogP contribution in [0.1, 0.15) is 5.76 Å². The second kappa shape index (κ2) is 3.79. The summed E-state index contributed by atoms with van der Waals surface area (Å²) < 4.78 is 5.18. The van der Waals surface area contributed by atoms with Crippen LogP contribution in [0.3, 0.4) is 0 Å². The molecular weight excluding hydrogens is 202 g/mol. The van der Waals surface area contributed by atoms with Crippen LogP contribution in [0, 0.1) is 6.92 Å². The lowest BCUT2D eigenvalue weighted by Crippen LogP contribution is -2.43. The van der Waals surface area contributed by atoms with Gasteiger partial charge < -0.3 is 14.7 Å². The number of aromatic nitrogens is 1. The molecule has 1 aliphatic heterocycles. The molecule has 0 spiro atoms. The third-order valence-electron chi connectivity index (χ3n) is 3.12. The first-order valence-corrected chi connectivity index (χ1v) is 5.66. The zero-order valence-corrected chi connectivity index (χ0v) is 9.36. The van der Waals surface area contributed by atoms with Crippen LogP contribution in [-0.2, 0) is 0 Å². The van der Waals surface area contributed by atoms with E-state index in [1.807, 2.05) is 13.0 Å². The number of benzene rings is 1. The molecule has 16 heavy (non-hydrogen) atoms. The maximum atomic E-state index is 5.18. The average molecular weight is 217 g/mol. The van der Waals surface area contributed by atoms with E-state index in [-0.39, 0.29) is 0 Å². The Morgan fingerprint density at radius 2 is 2.12 bits per heavy atom. The molecule has 3 rings (SSSR count). The van der Waals surface area contributed by atoms with Crippen molar-refractivity contribution < 1.29 is 4.52 Å². The number of fused-ring (bicyclic) bond motifs is 1. The zero-order valence-electron chi connectivity index (χ0n) is 9.36. The second-order valence-corrected chi connectivity index (χ2v) is 4.18. The van der Waals surface area contributed by atoms with Gasteiger partial charge in [0.1, 0.15) is 11.3 Å². The number of nitrogens with one attached hydrogen (secondary N) is 1. The highest BCUT2D eigenvalue weighted by molar-refractivity contribution is 5.84. The van der Waals surface area contributed by atoms with Gasteiger partial charge in [-0.25, -0.2) is 0 Å². The molecule has 1 saturated heterocycles. The van der Waals surface area contributed by atoms with Gasteiger partial charge in [0.15, 0.2) is 0 Å². The van der Waals surface area contributed by atoms with Crippen LogP contribution in [0.15, 0.2) is 22.7 Å². The molecule has 0 amide bonds. The number of hydrogen-bond acceptors (Lipinski definition) is 4. The molecule has 1 fully saturated rings. The van der Waals surface area contributed by atoms with E-state index >= 15 is 0 Å². The SMILES string of the molecule is Cc1onc2ccc(N3CCNCC3)cc12.